The molecule has 3 N–H and O–H groups in total. The monoisotopic (exact) mass is 444 g/mol. The molecule has 7 nitrogen and oxygen atoms in total. The molecule has 3 amide bonds. The second-order valence-corrected chi connectivity index (χ2v) is 9.96. The number of hydrogen-bond donors (Lipinski definition) is 3. The van der Waals surface area contributed by atoms with Gasteiger partial charge in [-0.1, -0.05) is 24.3 Å². The Balaban J connectivity index is 1.47. The van der Waals surface area contributed by atoms with Crippen LogP contribution in [0, 0.1) is 0 Å². The lowest BCUT2D eigenvalue weighted by molar-refractivity contribution is -0.142. The lowest BCUT2D eigenvalue weighted by atomic mass is 9.87. The number of likely N-dealkylation sites (N-methyl/N-ethyl adjacent to an activating group) is 1. The van der Waals surface area contributed by atoms with Crippen molar-refractivity contribution in [3.8, 4) is 0 Å². The number of hydrogen-bond acceptors (Lipinski definition) is 5. The average molecular weight is 445 g/mol. The number of benzene rings is 1. The fraction of sp³-hybridized carbons (Fsp3) is 0.609. The van der Waals surface area contributed by atoms with Gasteiger partial charge in [0.25, 0.3) is 0 Å². The van der Waals surface area contributed by atoms with E-state index in [4.69, 9.17) is 0 Å². The standard InChI is InChI=1S/C23H32N4O3S/c1-14(24-2)21(28)26-18-12-13-31-20-11-10-19(27(20)23(18)30)22(29)25-17-9-5-7-15-6-3-4-8-16(15)17/h3-4,6,8,14,17-20,24H,5,7,9-13H2,1-2H3,(H,25,29)(H,26,28)/t14-,17+,18-,19+,20-/m0/s1. The highest BCUT2D eigenvalue weighted by Crippen LogP contribution is 2.37. The molecule has 5 atom stereocenters. The largest absolute Gasteiger partial charge is 0.347 e. The van der Waals surface area contributed by atoms with E-state index >= 15 is 0 Å². The molecule has 2 aliphatic heterocycles. The predicted octanol–water partition coefficient (Wildman–Crippen LogP) is 1.73. The highest BCUT2D eigenvalue weighted by atomic mass is 32.2. The molecular weight excluding hydrogens is 412 g/mol. The molecule has 0 spiro atoms. The third-order valence-corrected chi connectivity index (χ3v) is 8.05. The van der Waals surface area contributed by atoms with Crippen molar-refractivity contribution in [3.05, 3.63) is 35.4 Å². The first-order chi connectivity index (χ1) is 15.0. The minimum Gasteiger partial charge on any atom is -0.347 e. The number of thioether (sulfide) groups is 1. The molecule has 2 fully saturated rings. The molecule has 31 heavy (non-hydrogen) atoms. The number of carbonyl (C=O) groups excluding carboxylic acids is 3. The minimum atomic E-state index is -0.579. The summed E-state index contributed by atoms with van der Waals surface area (Å²) in [7, 11) is 1.72. The van der Waals surface area contributed by atoms with E-state index in [9.17, 15) is 14.4 Å². The Labute approximate surface area is 188 Å². The molecule has 0 bridgehead atoms. The lowest BCUT2D eigenvalue weighted by Crippen LogP contribution is -2.56. The van der Waals surface area contributed by atoms with Crippen LogP contribution in [-0.4, -0.2) is 58.9 Å². The molecule has 0 radical (unpaired) electrons. The van der Waals surface area contributed by atoms with E-state index in [1.807, 2.05) is 12.1 Å². The molecule has 4 rings (SSSR count). The summed E-state index contributed by atoms with van der Waals surface area (Å²) in [4.78, 5) is 40.8. The maximum atomic E-state index is 13.4. The number of nitrogens with one attached hydrogen (secondary N) is 3. The van der Waals surface area contributed by atoms with E-state index in [-0.39, 0.29) is 35.2 Å². The molecule has 2 heterocycles. The van der Waals surface area contributed by atoms with Gasteiger partial charge in [0.1, 0.15) is 12.1 Å². The van der Waals surface area contributed by atoms with Gasteiger partial charge in [0.05, 0.1) is 17.5 Å². The summed E-state index contributed by atoms with van der Waals surface area (Å²) < 4.78 is 0. The zero-order valence-electron chi connectivity index (χ0n) is 18.2. The third kappa shape index (κ3) is 4.60. The predicted molar refractivity (Wildman–Crippen MR) is 121 cm³/mol. The van der Waals surface area contributed by atoms with Crippen LogP contribution >= 0.6 is 11.8 Å². The van der Waals surface area contributed by atoms with Crippen molar-refractivity contribution in [2.24, 2.45) is 0 Å². The summed E-state index contributed by atoms with van der Waals surface area (Å²) in [6.45, 7) is 1.77. The van der Waals surface area contributed by atoms with Gasteiger partial charge < -0.3 is 20.9 Å². The van der Waals surface area contributed by atoms with E-state index < -0.39 is 12.1 Å². The van der Waals surface area contributed by atoms with Crippen LogP contribution in [-0.2, 0) is 20.8 Å². The molecular formula is C23H32N4O3S. The molecule has 168 valence electrons. The zero-order chi connectivity index (χ0) is 22.0. The van der Waals surface area contributed by atoms with Crippen molar-refractivity contribution in [2.75, 3.05) is 12.8 Å². The topological polar surface area (TPSA) is 90.5 Å². The van der Waals surface area contributed by atoms with E-state index in [2.05, 4.69) is 28.1 Å². The van der Waals surface area contributed by atoms with Crippen LogP contribution in [0.25, 0.3) is 0 Å². The Bertz CT molecular complexity index is 848. The molecule has 0 unspecified atom stereocenters. The third-order valence-electron chi connectivity index (χ3n) is 6.73. The summed E-state index contributed by atoms with van der Waals surface area (Å²) in [6.07, 6.45) is 5.07. The minimum absolute atomic E-state index is 0.00166. The molecule has 1 aromatic rings. The second kappa shape index (κ2) is 9.61. The Morgan fingerprint density at radius 3 is 2.71 bits per heavy atom. The van der Waals surface area contributed by atoms with Gasteiger partial charge in [0.15, 0.2) is 0 Å². The summed E-state index contributed by atoms with van der Waals surface area (Å²) >= 11 is 1.72. The SMILES string of the molecule is CN[C@@H](C)C(=O)N[C@H]1CCS[C@H]2CC[C@H](C(=O)N[C@@H]3CCCc4ccccc43)N2C1=O. The summed E-state index contributed by atoms with van der Waals surface area (Å²) in [5, 5.41) is 9.03. The molecule has 0 saturated carbocycles. The van der Waals surface area contributed by atoms with Crippen LogP contribution in [0.4, 0.5) is 0 Å². The van der Waals surface area contributed by atoms with Gasteiger partial charge in [0.2, 0.25) is 17.7 Å². The van der Waals surface area contributed by atoms with Crippen LogP contribution in [0.3, 0.4) is 0 Å². The first-order valence-electron chi connectivity index (χ1n) is 11.3. The highest BCUT2D eigenvalue weighted by molar-refractivity contribution is 7.99. The zero-order valence-corrected chi connectivity index (χ0v) is 19.0. The van der Waals surface area contributed by atoms with Gasteiger partial charge in [-0.3, -0.25) is 14.4 Å². The maximum Gasteiger partial charge on any atom is 0.246 e. The molecule has 1 aliphatic carbocycles. The van der Waals surface area contributed by atoms with E-state index in [0.29, 0.717) is 12.8 Å². The average Bonchev–Trinajstić information content (AvgIpc) is 3.15. The quantitative estimate of drug-likeness (QED) is 0.644. The highest BCUT2D eigenvalue weighted by Gasteiger charge is 2.45. The molecule has 2 saturated heterocycles. The summed E-state index contributed by atoms with van der Waals surface area (Å²) in [5.41, 5.74) is 2.49. The number of nitrogens with zero attached hydrogens (tertiary/aromatic N) is 1. The number of amides is 3. The smallest absolute Gasteiger partial charge is 0.246 e. The van der Waals surface area contributed by atoms with Crippen LogP contribution in [0.1, 0.15) is 56.2 Å². The lowest BCUT2D eigenvalue weighted by Gasteiger charge is -2.32. The second-order valence-electron chi connectivity index (χ2n) is 8.68. The fourth-order valence-corrected chi connectivity index (χ4v) is 6.21. The van der Waals surface area contributed by atoms with Crippen molar-refractivity contribution < 1.29 is 14.4 Å². The number of rotatable bonds is 5. The van der Waals surface area contributed by atoms with Gasteiger partial charge in [-0.2, -0.15) is 0 Å². The Hall–Kier alpha value is -2.06. The number of fused-ring (bicyclic) bond motifs is 2. The van der Waals surface area contributed by atoms with E-state index in [1.165, 1.54) is 11.1 Å². The Kier molecular flexibility index (Phi) is 6.86. The van der Waals surface area contributed by atoms with Crippen LogP contribution < -0.4 is 16.0 Å². The van der Waals surface area contributed by atoms with Crippen molar-refractivity contribution in [2.45, 2.75) is 75.0 Å². The molecule has 3 aliphatic rings. The van der Waals surface area contributed by atoms with Crippen LogP contribution in [0.15, 0.2) is 24.3 Å². The van der Waals surface area contributed by atoms with Gasteiger partial charge in [-0.25, -0.2) is 0 Å². The number of carbonyl (C=O) groups is 3. The maximum absolute atomic E-state index is 13.4. The first kappa shape index (κ1) is 22.1. The van der Waals surface area contributed by atoms with Crippen LogP contribution in [0.5, 0.6) is 0 Å². The summed E-state index contributed by atoms with van der Waals surface area (Å²) in [5.74, 6) is 0.390. The van der Waals surface area contributed by atoms with Gasteiger partial charge in [-0.05, 0) is 69.4 Å². The van der Waals surface area contributed by atoms with E-state index in [0.717, 1.165) is 31.4 Å². The molecule has 1 aromatic carbocycles. The van der Waals surface area contributed by atoms with Crippen molar-refractivity contribution in [1.82, 2.24) is 20.9 Å². The van der Waals surface area contributed by atoms with Crippen molar-refractivity contribution in [3.63, 3.8) is 0 Å². The molecule has 0 aromatic heterocycles. The first-order valence-corrected chi connectivity index (χ1v) is 12.3. The Morgan fingerprint density at radius 2 is 1.90 bits per heavy atom. The van der Waals surface area contributed by atoms with Gasteiger partial charge in [0, 0.05) is 0 Å². The summed E-state index contributed by atoms with van der Waals surface area (Å²) in [6, 6.07) is 6.86. The van der Waals surface area contributed by atoms with Gasteiger partial charge >= 0.3 is 0 Å². The van der Waals surface area contributed by atoms with Crippen molar-refractivity contribution in [1.29, 1.82) is 0 Å². The number of aryl methyl sites for hydroxylation is 1. The normalized spacial score (nSPS) is 28.8. The fourth-order valence-electron chi connectivity index (χ4n) is 4.85. The Morgan fingerprint density at radius 1 is 1.10 bits per heavy atom. The van der Waals surface area contributed by atoms with Gasteiger partial charge in [-0.15, -0.1) is 11.8 Å². The molecule has 8 heteroatoms. The van der Waals surface area contributed by atoms with E-state index in [1.54, 1.807) is 30.6 Å². The van der Waals surface area contributed by atoms with Crippen molar-refractivity contribution >= 4 is 29.5 Å². The van der Waals surface area contributed by atoms with Crippen LogP contribution in [0.2, 0.25) is 0 Å².